The monoisotopic (exact) mass is 310 g/mol. The van der Waals surface area contributed by atoms with Gasteiger partial charge in [-0.25, -0.2) is 0 Å². The number of hydrogen-bond acceptors (Lipinski definition) is 1. The Labute approximate surface area is 129 Å². The normalized spacial score (nSPS) is 18.3. The number of ether oxygens (including phenoxy) is 1. The number of hydrogen-bond donors (Lipinski definition) is 0. The van der Waals surface area contributed by atoms with Crippen molar-refractivity contribution in [2.45, 2.75) is 39.5 Å². The average Bonchev–Trinajstić information content (AvgIpc) is 2.65. The largest absolute Gasteiger partial charge is 0.486 e. The van der Waals surface area contributed by atoms with E-state index in [1.54, 1.807) is 12.2 Å². The summed E-state index contributed by atoms with van der Waals surface area (Å²) in [5.74, 6) is 0.427. The Morgan fingerprint density at radius 3 is 2.55 bits per heavy atom. The SMILES string of the molecule is C=C/C(=C(C)\C=C/C)[C@@H](C)OC1=CCC=C(C(F)(F)F)C=C1. The fraction of sp³-hybridized carbons (Fsp3) is 0.333. The van der Waals surface area contributed by atoms with Gasteiger partial charge in [0.15, 0.2) is 0 Å². The minimum absolute atomic E-state index is 0.185. The molecule has 0 saturated carbocycles. The molecule has 1 atom stereocenters. The van der Waals surface area contributed by atoms with Gasteiger partial charge in [0.1, 0.15) is 11.9 Å². The highest BCUT2D eigenvalue weighted by Crippen LogP contribution is 2.29. The molecule has 0 amide bonds. The summed E-state index contributed by atoms with van der Waals surface area (Å²) in [5, 5.41) is 0. The minimum Gasteiger partial charge on any atom is -0.486 e. The van der Waals surface area contributed by atoms with Gasteiger partial charge < -0.3 is 4.74 Å². The molecule has 0 bridgehead atoms. The molecule has 0 aromatic heterocycles. The second kappa shape index (κ2) is 7.87. The smallest absolute Gasteiger partial charge is 0.416 e. The van der Waals surface area contributed by atoms with Crippen LogP contribution in [0.1, 0.15) is 27.2 Å². The van der Waals surface area contributed by atoms with Crippen LogP contribution in [0.15, 0.2) is 71.6 Å². The zero-order chi connectivity index (χ0) is 16.8. The van der Waals surface area contributed by atoms with Crippen molar-refractivity contribution in [3.8, 4) is 0 Å². The third kappa shape index (κ3) is 5.10. The van der Waals surface area contributed by atoms with Crippen molar-refractivity contribution in [2.24, 2.45) is 0 Å². The summed E-state index contributed by atoms with van der Waals surface area (Å²) in [4.78, 5) is 0. The summed E-state index contributed by atoms with van der Waals surface area (Å²) in [6.45, 7) is 9.48. The zero-order valence-electron chi connectivity index (χ0n) is 13.1. The molecule has 0 spiro atoms. The molecule has 0 fully saturated rings. The lowest BCUT2D eigenvalue weighted by Gasteiger charge is -2.18. The summed E-state index contributed by atoms with van der Waals surface area (Å²) >= 11 is 0. The van der Waals surface area contributed by atoms with E-state index in [0.717, 1.165) is 23.3 Å². The van der Waals surface area contributed by atoms with Crippen LogP contribution in [-0.4, -0.2) is 12.3 Å². The first-order valence-electron chi connectivity index (χ1n) is 7.07. The zero-order valence-corrected chi connectivity index (χ0v) is 13.1. The summed E-state index contributed by atoms with van der Waals surface area (Å²) in [6.07, 6.45) is 6.30. The topological polar surface area (TPSA) is 9.23 Å². The predicted molar refractivity (Wildman–Crippen MR) is 84.2 cm³/mol. The molecule has 0 aromatic carbocycles. The minimum atomic E-state index is -4.33. The van der Waals surface area contributed by atoms with Gasteiger partial charge in [0.2, 0.25) is 0 Å². The highest BCUT2D eigenvalue weighted by molar-refractivity contribution is 5.35. The molecular weight excluding hydrogens is 289 g/mol. The van der Waals surface area contributed by atoms with E-state index in [1.165, 1.54) is 6.08 Å². The Kier molecular flexibility index (Phi) is 6.47. The second-order valence-corrected chi connectivity index (χ2v) is 4.94. The maximum Gasteiger partial charge on any atom is 0.416 e. The molecule has 0 unspecified atom stereocenters. The van der Waals surface area contributed by atoms with Crippen molar-refractivity contribution in [1.82, 2.24) is 0 Å². The molecule has 1 aliphatic rings. The van der Waals surface area contributed by atoms with Gasteiger partial charge in [-0.2, -0.15) is 13.2 Å². The number of rotatable bonds is 5. The van der Waals surface area contributed by atoms with Crippen LogP contribution in [0.4, 0.5) is 13.2 Å². The van der Waals surface area contributed by atoms with Crippen LogP contribution in [0.3, 0.4) is 0 Å². The Morgan fingerprint density at radius 2 is 2.00 bits per heavy atom. The van der Waals surface area contributed by atoms with Crippen LogP contribution >= 0.6 is 0 Å². The van der Waals surface area contributed by atoms with Crippen molar-refractivity contribution in [3.63, 3.8) is 0 Å². The number of allylic oxidation sites excluding steroid dienone is 8. The molecule has 1 rings (SSSR count). The Hall–Kier alpha value is -1.97. The van der Waals surface area contributed by atoms with Gasteiger partial charge in [-0.15, -0.1) is 0 Å². The van der Waals surface area contributed by atoms with Crippen molar-refractivity contribution < 1.29 is 17.9 Å². The molecule has 1 aliphatic carbocycles. The van der Waals surface area contributed by atoms with E-state index in [2.05, 4.69) is 6.58 Å². The first kappa shape index (κ1) is 18.1. The van der Waals surface area contributed by atoms with Crippen molar-refractivity contribution >= 4 is 0 Å². The Bertz CT molecular complexity index is 557. The molecule has 4 heteroatoms. The molecule has 0 saturated heterocycles. The lowest BCUT2D eigenvalue weighted by atomic mass is 10.0. The van der Waals surface area contributed by atoms with E-state index >= 15 is 0 Å². The van der Waals surface area contributed by atoms with Crippen LogP contribution in [0.5, 0.6) is 0 Å². The molecule has 0 N–H and O–H groups in total. The third-order valence-corrected chi connectivity index (χ3v) is 3.25. The highest BCUT2D eigenvalue weighted by atomic mass is 19.4. The summed E-state index contributed by atoms with van der Waals surface area (Å²) in [6, 6.07) is 0. The Balaban J connectivity index is 2.86. The first-order chi connectivity index (χ1) is 10.3. The van der Waals surface area contributed by atoms with Gasteiger partial charge in [-0.05, 0) is 56.6 Å². The molecule has 0 aliphatic heterocycles. The van der Waals surface area contributed by atoms with Gasteiger partial charge in [-0.3, -0.25) is 0 Å². The summed E-state index contributed by atoms with van der Waals surface area (Å²) < 4.78 is 43.8. The molecule has 0 heterocycles. The maximum atomic E-state index is 12.7. The number of halogens is 3. The number of alkyl halides is 3. The van der Waals surface area contributed by atoms with Gasteiger partial charge in [0.05, 0.1) is 5.57 Å². The lowest BCUT2D eigenvalue weighted by molar-refractivity contribution is -0.0883. The van der Waals surface area contributed by atoms with Gasteiger partial charge in [0.25, 0.3) is 0 Å². The lowest BCUT2D eigenvalue weighted by Crippen LogP contribution is -2.11. The first-order valence-corrected chi connectivity index (χ1v) is 7.07. The van der Waals surface area contributed by atoms with Crippen molar-refractivity contribution in [1.29, 1.82) is 0 Å². The van der Waals surface area contributed by atoms with Crippen LogP contribution < -0.4 is 0 Å². The maximum absolute atomic E-state index is 12.7. The average molecular weight is 310 g/mol. The van der Waals surface area contributed by atoms with E-state index in [4.69, 9.17) is 4.74 Å². The molecule has 1 nitrogen and oxygen atoms in total. The van der Waals surface area contributed by atoms with Gasteiger partial charge >= 0.3 is 6.18 Å². The van der Waals surface area contributed by atoms with E-state index in [0.29, 0.717) is 5.76 Å². The third-order valence-electron chi connectivity index (χ3n) is 3.25. The van der Waals surface area contributed by atoms with Crippen molar-refractivity contribution in [3.05, 3.63) is 71.6 Å². The van der Waals surface area contributed by atoms with Crippen LogP contribution in [-0.2, 0) is 4.74 Å². The molecular formula is C18H21F3O. The summed E-state index contributed by atoms with van der Waals surface area (Å²) in [5.41, 5.74) is 1.26. The van der Waals surface area contributed by atoms with Crippen LogP contribution in [0.2, 0.25) is 0 Å². The van der Waals surface area contributed by atoms with E-state index in [-0.39, 0.29) is 12.5 Å². The molecule has 0 radical (unpaired) electrons. The van der Waals surface area contributed by atoms with E-state index < -0.39 is 11.7 Å². The van der Waals surface area contributed by atoms with Crippen molar-refractivity contribution in [2.75, 3.05) is 0 Å². The Morgan fingerprint density at radius 1 is 1.32 bits per heavy atom. The predicted octanol–water partition coefficient (Wildman–Crippen LogP) is 5.80. The molecule has 0 aromatic rings. The van der Waals surface area contributed by atoms with Crippen LogP contribution in [0.25, 0.3) is 0 Å². The van der Waals surface area contributed by atoms with Gasteiger partial charge in [-0.1, -0.05) is 30.9 Å². The van der Waals surface area contributed by atoms with E-state index in [9.17, 15) is 13.2 Å². The molecule has 22 heavy (non-hydrogen) atoms. The summed E-state index contributed by atoms with van der Waals surface area (Å²) in [7, 11) is 0. The fourth-order valence-electron chi connectivity index (χ4n) is 2.17. The standard InChI is InChI=1S/C18H21F3O/c1-5-8-13(3)17(6-2)14(4)22-16-10-7-9-15(11-12-16)18(19,20)21/h5-6,8-12,14H,2,7H2,1,3-4H3/b8-5-,17-13+/t14-/m1/s1. The second-order valence-electron chi connectivity index (χ2n) is 4.94. The quantitative estimate of drug-likeness (QED) is 0.583. The highest BCUT2D eigenvalue weighted by Gasteiger charge is 2.31. The van der Waals surface area contributed by atoms with Gasteiger partial charge in [0, 0.05) is 0 Å². The molecule has 120 valence electrons. The van der Waals surface area contributed by atoms with Crippen LogP contribution in [0, 0.1) is 0 Å². The fourth-order valence-corrected chi connectivity index (χ4v) is 2.17. The van der Waals surface area contributed by atoms with E-state index in [1.807, 2.05) is 32.9 Å².